The van der Waals surface area contributed by atoms with E-state index in [1.54, 1.807) is 0 Å². The van der Waals surface area contributed by atoms with Crippen molar-refractivity contribution in [1.29, 1.82) is 0 Å². The molecule has 1 aromatic rings. The van der Waals surface area contributed by atoms with Gasteiger partial charge in [0.15, 0.2) is 5.82 Å². The van der Waals surface area contributed by atoms with Crippen LogP contribution in [0.15, 0.2) is 6.07 Å². The van der Waals surface area contributed by atoms with Gasteiger partial charge >= 0.3 is 0 Å². The standard InChI is InChI=1S/C14H27N5O/c1-7-20-9-12-16-11(18-15)8-13(17-12)19(6)10(2)14(3,4)5/h8,10H,7,9,15H2,1-6H3,(H,16,17,18). The first-order valence-corrected chi connectivity index (χ1v) is 6.94. The molecule has 0 spiro atoms. The van der Waals surface area contributed by atoms with Crippen LogP contribution in [0.1, 0.15) is 40.4 Å². The van der Waals surface area contributed by atoms with E-state index >= 15 is 0 Å². The van der Waals surface area contributed by atoms with Crippen molar-refractivity contribution < 1.29 is 4.74 Å². The minimum Gasteiger partial charge on any atom is -0.374 e. The summed E-state index contributed by atoms with van der Waals surface area (Å²) in [4.78, 5) is 11.0. The minimum absolute atomic E-state index is 0.149. The highest BCUT2D eigenvalue weighted by Gasteiger charge is 2.25. The van der Waals surface area contributed by atoms with E-state index in [0.717, 1.165) is 5.82 Å². The Bertz CT molecular complexity index is 430. The highest BCUT2D eigenvalue weighted by atomic mass is 16.5. The Morgan fingerprint density at radius 2 is 2.05 bits per heavy atom. The smallest absolute Gasteiger partial charge is 0.158 e. The van der Waals surface area contributed by atoms with Crippen molar-refractivity contribution in [2.75, 3.05) is 24.0 Å². The van der Waals surface area contributed by atoms with Crippen molar-refractivity contribution in [2.45, 2.75) is 47.3 Å². The largest absolute Gasteiger partial charge is 0.374 e. The fourth-order valence-electron chi connectivity index (χ4n) is 1.77. The minimum atomic E-state index is 0.149. The molecule has 0 radical (unpaired) electrons. The zero-order chi connectivity index (χ0) is 15.3. The van der Waals surface area contributed by atoms with Crippen LogP contribution >= 0.6 is 0 Å². The van der Waals surface area contributed by atoms with Crippen molar-refractivity contribution in [3.05, 3.63) is 11.9 Å². The summed E-state index contributed by atoms with van der Waals surface area (Å²) in [5.41, 5.74) is 2.73. The second kappa shape index (κ2) is 6.85. The lowest BCUT2D eigenvalue weighted by molar-refractivity contribution is 0.128. The molecule has 1 heterocycles. The molecule has 20 heavy (non-hydrogen) atoms. The van der Waals surface area contributed by atoms with Gasteiger partial charge in [0.05, 0.1) is 0 Å². The van der Waals surface area contributed by atoms with Gasteiger partial charge in [-0.15, -0.1) is 0 Å². The maximum absolute atomic E-state index is 5.48. The van der Waals surface area contributed by atoms with E-state index in [0.29, 0.717) is 30.9 Å². The third kappa shape index (κ3) is 4.31. The molecule has 0 aliphatic carbocycles. The number of rotatable bonds is 6. The van der Waals surface area contributed by atoms with Crippen LogP contribution in [0.3, 0.4) is 0 Å². The number of anilines is 2. The molecule has 1 unspecified atom stereocenters. The van der Waals surface area contributed by atoms with E-state index in [-0.39, 0.29) is 5.41 Å². The second-order valence-electron chi connectivity index (χ2n) is 5.96. The summed E-state index contributed by atoms with van der Waals surface area (Å²) in [6.07, 6.45) is 0. The fraction of sp³-hybridized carbons (Fsp3) is 0.714. The first kappa shape index (κ1) is 16.7. The topological polar surface area (TPSA) is 76.3 Å². The number of nitrogen functional groups attached to an aromatic ring is 1. The molecule has 0 aliphatic heterocycles. The van der Waals surface area contributed by atoms with E-state index in [1.807, 2.05) is 20.0 Å². The normalized spacial score (nSPS) is 13.2. The molecule has 0 fully saturated rings. The fourth-order valence-corrected chi connectivity index (χ4v) is 1.77. The van der Waals surface area contributed by atoms with E-state index in [9.17, 15) is 0 Å². The van der Waals surface area contributed by atoms with Crippen molar-refractivity contribution in [3.63, 3.8) is 0 Å². The van der Waals surface area contributed by atoms with Crippen molar-refractivity contribution in [3.8, 4) is 0 Å². The molecule has 1 aromatic heterocycles. The van der Waals surface area contributed by atoms with Gasteiger partial charge in [0.25, 0.3) is 0 Å². The zero-order valence-electron chi connectivity index (χ0n) is 13.4. The molecule has 0 aliphatic rings. The molecule has 0 saturated heterocycles. The van der Waals surface area contributed by atoms with Crippen LogP contribution < -0.4 is 16.2 Å². The Hall–Kier alpha value is -1.40. The molecule has 0 aromatic carbocycles. The predicted molar refractivity (Wildman–Crippen MR) is 82.5 cm³/mol. The molecular weight excluding hydrogens is 254 g/mol. The number of ether oxygens (including phenoxy) is 1. The molecule has 3 N–H and O–H groups in total. The average Bonchev–Trinajstić information content (AvgIpc) is 2.41. The van der Waals surface area contributed by atoms with Crippen LogP contribution in [0.4, 0.5) is 11.6 Å². The lowest BCUT2D eigenvalue weighted by Gasteiger charge is -2.36. The lowest BCUT2D eigenvalue weighted by Crippen LogP contribution is -2.40. The second-order valence-corrected chi connectivity index (χ2v) is 5.96. The van der Waals surface area contributed by atoms with Crippen LogP contribution in [0.5, 0.6) is 0 Å². The molecule has 114 valence electrons. The number of hydrazine groups is 1. The Morgan fingerprint density at radius 1 is 1.40 bits per heavy atom. The number of nitrogens with zero attached hydrogens (tertiary/aromatic N) is 3. The number of hydrogen-bond acceptors (Lipinski definition) is 6. The number of nitrogens with one attached hydrogen (secondary N) is 1. The van der Waals surface area contributed by atoms with E-state index in [4.69, 9.17) is 10.6 Å². The molecule has 1 atom stereocenters. The molecule has 0 amide bonds. The third-order valence-electron chi connectivity index (χ3n) is 3.54. The summed E-state index contributed by atoms with van der Waals surface area (Å²) in [6, 6.07) is 2.17. The van der Waals surface area contributed by atoms with Gasteiger partial charge in [0.1, 0.15) is 18.2 Å². The van der Waals surface area contributed by atoms with Gasteiger partial charge < -0.3 is 15.1 Å². The van der Waals surface area contributed by atoms with Crippen molar-refractivity contribution in [2.24, 2.45) is 11.3 Å². The Kier molecular flexibility index (Phi) is 5.71. The molecular formula is C14H27N5O. The molecule has 0 saturated carbocycles. The lowest BCUT2D eigenvalue weighted by atomic mass is 9.87. The van der Waals surface area contributed by atoms with Crippen LogP contribution in [-0.4, -0.2) is 29.7 Å². The van der Waals surface area contributed by atoms with Gasteiger partial charge in [-0.3, -0.25) is 0 Å². The van der Waals surface area contributed by atoms with Crippen molar-refractivity contribution >= 4 is 11.6 Å². The maximum Gasteiger partial charge on any atom is 0.158 e. The quantitative estimate of drug-likeness (QED) is 0.615. The highest BCUT2D eigenvalue weighted by molar-refractivity contribution is 5.49. The first-order chi connectivity index (χ1) is 9.29. The Balaban J connectivity index is 3.03. The summed E-state index contributed by atoms with van der Waals surface area (Å²) in [5, 5.41) is 0. The highest BCUT2D eigenvalue weighted by Crippen LogP contribution is 2.27. The summed E-state index contributed by atoms with van der Waals surface area (Å²) in [7, 11) is 2.03. The Labute approximate surface area is 121 Å². The van der Waals surface area contributed by atoms with Crippen LogP contribution in [0, 0.1) is 5.41 Å². The van der Waals surface area contributed by atoms with Gasteiger partial charge in [0.2, 0.25) is 0 Å². The summed E-state index contributed by atoms with van der Waals surface area (Å²) in [5.74, 6) is 7.54. The van der Waals surface area contributed by atoms with Gasteiger partial charge in [-0.05, 0) is 19.3 Å². The molecule has 6 heteroatoms. The summed E-state index contributed by atoms with van der Waals surface area (Å²) in [6.45, 7) is 11.8. The van der Waals surface area contributed by atoms with Crippen LogP contribution in [0.2, 0.25) is 0 Å². The third-order valence-corrected chi connectivity index (χ3v) is 3.54. The molecule has 6 nitrogen and oxygen atoms in total. The molecule has 0 bridgehead atoms. The van der Waals surface area contributed by atoms with Crippen molar-refractivity contribution in [1.82, 2.24) is 9.97 Å². The number of nitrogens with two attached hydrogens (primary N) is 1. The first-order valence-electron chi connectivity index (χ1n) is 6.94. The van der Waals surface area contributed by atoms with Gasteiger partial charge in [0, 0.05) is 25.8 Å². The average molecular weight is 281 g/mol. The summed E-state index contributed by atoms with van der Waals surface area (Å²) >= 11 is 0. The van der Waals surface area contributed by atoms with Crippen LogP contribution in [-0.2, 0) is 11.3 Å². The Morgan fingerprint density at radius 3 is 2.55 bits per heavy atom. The number of hydrogen-bond donors (Lipinski definition) is 2. The van der Waals surface area contributed by atoms with E-state index < -0.39 is 0 Å². The number of aromatic nitrogens is 2. The summed E-state index contributed by atoms with van der Waals surface area (Å²) < 4.78 is 5.37. The predicted octanol–water partition coefficient (Wildman–Crippen LogP) is 2.17. The van der Waals surface area contributed by atoms with E-state index in [1.165, 1.54) is 0 Å². The van der Waals surface area contributed by atoms with Crippen LogP contribution in [0.25, 0.3) is 0 Å². The van der Waals surface area contributed by atoms with Gasteiger partial charge in [-0.1, -0.05) is 20.8 Å². The zero-order valence-corrected chi connectivity index (χ0v) is 13.4. The van der Waals surface area contributed by atoms with E-state index in [2.05, 4.69) is 48.0 Å². The van der Waals surface area contributed by atoms with Gasteiger partial charge in [-0.25, -0.2) is 15.8 Å². The maximum atomic E-state index is 5.48. The SMILES string of the molecule is CCOCc1nc(NN)cc(N(C)C(C)C(C)(C)C)n1. The van der Waals surface area contributed by atoms with Gasteiger partial charge in [-0.2, -0.15) is 0 Å². The molecule has 1 rings (SSSR count). The monoisotopic (exact) mass is 281 g/mol.